The number of anilines is 1. The molecule has 1 aromatic heterocycles. The summed E-state index contributed by atoms with van der Waals surface area (Å²) in [5.41, 5.74) is 0.984. The Morgan fingerprint density at radius 2 is 2.05 bits per heavy atom. The lowest BCUT2D eigenvalue weighted by atomic mass is 10.0. The van der Waals surface area contributed by atoms with Gasteiger partial charge in [-0.2, -0.15) is 0 Å². The first-order valence-electron chi connectivity index (χ1n) is 8.01. The van der Waals surface area contributed by atoms with Crippen molar-refractivity contribution in [3.63, 3.8) is 0 Å². The van der Waals surface area contributed by atoms with Crippen molar-refractivity contribution in [3.05, 3.63) is 29.0 Å². The summed E-state index contributed by atoms with van der Waals surface area (Å²) in [6.07, 6.45) is 3.99. The Hall–Kier alpha value is -1.20. The van der Waals surface area contributed by atoms with Crippen LogP contribution in [-0.2, 0) is 0 Å². The molecule has 22 heavy (non-hydrogen) atoms. The first kappa shape index (κ1) is 15.7. The quantitative estimate of drug-likeness (QED) is 0.894. The van der Waals surface area contributed by atoms with Crippen LogP contribution >= 0.6 is 15.9 Å². The SMILES string of the molecule is CC(C)CN1CCC(Nc2ncnc3ccc(Br)cc23)CC1. The monoisotopic (exact) mass is 362 g/mol. The summed E-state index contributed by atoms with van der Waals surface area (Å²) in [6, 6.07) is 6.63. The van der Waals surface area contributed by atoms with Crippen LogP contribution in [0.5, 0.6) is 0 Å². The molecule has 0 saturated carbocycles. The van der Waals surface area contributed by atoms with Crippen LogP contribution in [0.3, 0.4) is 0 Å². The number of fused-ring (bicyclic) bond motifs is 1. The van der Waals surface area contributed by atoms with Gasteiger partial charge in [0.1, 0.15) is 12.1 Å². The first-order valence-corrected chi connectivity index (χ1v) is 8.80. The predicted octanol–water partition coefficient (Wildman–Crippen LogP) is 3.92. The van der Waals surface area contributed by atoms with Gasteiger partial charge in [0.25, 0.3) is 0 Å². The van der Waals surface area contributed by atoms with Crippen molar-refractivity contribution in [2.45, 2.75) is 32.7 Å². The van der Waals surface area contributed by atoms with Crippen LogP contribution in [0, 0.1) is 5.92 Å². The van der Waals surface area contributed by atoms with Crippen molar-refractivity contribution in [2.75, 3.05) is 25.0 Å². The molecule has 0 aliphatic carbocycles. The Morgan fingerprint density at radius 3 is 2.77 bits per heavy atom. The normalized spacial score (nSPS) is 17.3. The van der Waals surface area contributed by atoms with Gasteiger partial charge in [0.05, 0.1) is 5.52 Å². The number of halogens is 1. The molecule has 0 unspecified atom stereocenters. The number of rotatable bonds is 4. The van der Waals surface area contributed by atoms with Crippen molar-refractivity contribution < 1.29 is 0 Å². The molecule has 3 rings (SSSR count). The van der Waals surface area contributed by atoms with E-state index < -0.39 is 0 Å². The third-order valence-corrected chi connectivity index (χ3v) is 4.64. The third-order valence-electron chi connectivity index (χ3n) is 4.15. The molecular weight excluding hydrogens is 340 g/mol. The molecule has 1 aliphatic heterocycles. The van der Waals surface area contributed by atoms with Gasteiger partial charge >= 0.3 is 0 Å². The molecule has 0 bridgehead atoms. The molecule has 0 amide bonds. The second kappa shape index (κ2) is 6.92. The zero-order valence-corrected chi connectivity index (χ0v) is 14.8. The van der Waals surface area contributed by atoms with E-state index in [1.807, 2.05) is 12.1 Å². The second-order valence-electron chi connectivity index (χ2n) is 6.50. The number of nitrogens with zero attached hydrogens (tertiary/aromatic N) is 3. The number of piperidine rings is 1. The van der Waals surface area contributed by atoms with Crippen LogP contribution in [-0.4, -0.2) is 40.5 Å². The lowest BCUT2D eigenvalue weighted by Crippen LogP contribution is -2.40. The average Bonchev–Trinajstić information content (AvgIpc) is 2.49. The van der Waals surface area contributed by atoms with Gasteiger partial charge in [-0.1, -0.05) is 29.8 Å². The number of hydrogen-bond donors (Lipinski definition) is 1. The molecule has 1 fully saturated rings. The highest BCUT2D eigenvalue weighted by atomic mass is 79.9. The van der Waals surface area contributed by atoms with Crippen LogP contribution in [0.15, 0.2) is 29.0 Å². The van der Waals surface area contributed by atoms with Gasteiger partial charge in [-0.05, 0) is 37.0 Å². The highest BCUT2D eigenvalue weighted by Gasteiger charge is 2.20. The molecule has 0 spiro atoms. The number of aromatic nitrogens is 2. The number of hydrogen-bond acceptors (Lipinski definition) is 4. The predicted molar refractivity (Wildman–Crippen MR) is 95.2 cm³/mol. The lowest BCUT2D eigenvalue weighted by molar-refractivity contribution is 0.198. The molecule has 1 N–H and O–H groups in total. The minimum Gasteiger partial charge on any atom is -0.367 e. The zero-order valence-electron chi connectivity index (χ0n) is 13.2. The second-order valence-corrected chi connectivity index (χ2v) is 7.41. The van der Waals surface area contributed by atoms with Gasteiger partial charge < -0.3 is 10.2 Å². The van der Waals surface area contributed by atoms with E-state index in [1.54, 1.807) is 6.33 Å². The van der Waals surface area contributed by atoms with E-state index in [9.17, 15) is 0 Å². The number of likely N-dealkylation sites (tertiary alicyclic amines) is 1. The Balaban J connectivity index is 1.68. The fourth-order valence-corrected chi connectivity index (χ4v) is 3.47. The fraction of sp³-hybridized carbons (Fsp3) is 0.529. The molecule has 0 atom stereocenters. The van der Waals surface area contributed by atoms with Crippen LogP contribution < -0.4 is 5.32 Å². The summed E-state index contributed by atoms with van der Waals surface area (Å²) in [7, 11) is 0. The zero-order chi connectivity index (χ0) is 15.5. The first-order chi connectivity index (χ1) is 10.6. The summed E-state index contributed by atoms with van der Waals surface area (Å²) < 4.78 is 1.06. The van der Waals surface area contributed by atoms with Crippen molar-refractivity contribution in [2.24, 2.45) is 5.92 Å². The smallest absolute Gasteiger partial charge is 0.137 e. The van der Waals surface area contributed by atoms with Crippen molar-refractivity contribution >= 4 is 32.7 Å². The molecule has 1 saturated heterocycles. The van der Waals surface area contributed by atoms with E-state index in [2.05, 4.69) is 56.0 Å². The summed E-state index contributed by atoms with van der Waals surface area (Å²) in [5.74, 6) is 1.70. The summed E-state index contributed by atoms with van der Waals surface area (Å²) in [6.45, 7) is 8.12. The minimum atomic E-state index is 0.500. The summed E-state index contributed by atoms with van der Waals surface area (Å²) in [5, 5.41) is 4.71. The van der Waals surface area contributed by atoms with Gasteiger partial charge in [0.2, 0.25) is 0 Å². The van der Waals surface area contributed by atoms with E-state index in [4.69, 9.17) is 0 Å². The van der Waals surface area contributed by atoms with Gasteiger partial charge in [0, 0.05) is 35.5 Å². The summed E-state index contributed by atoms with van der Waals surface area (Å²) >= 11 is 3.53. The van der Waals surface area contributed by atoms with Gasteiger partial charge in [-0.3, -0.25) is 0 Å². The van der Waals surface area contributed by atoms with E-state index in [1.165, 1.54) is 32.5 Å². The van der Waals surface area contributed by atoms with Crippen molar-refractivity contribution in [1.82, 2.24) is 14.9 Å². The maximum atomic E-state index is 4.45. The molecule has 1 aromatic carbocycles. The molecule has 0 radical (unpaired) electrons. The maximum absolute atomic E-state index is 4.45. The number of benzene rings is 1. The van der Waals surface area contributed by atoms with Crippen molar-refractivity contribution in [3.8, 4) is 0 Å². The molecule has 2 heterocycles. The molecule has 5 heteroatoms. The summed E-state index contributed by atoms with van der Waals surface area (Å²) in [4.78, 5) is 11.4. The molecule has 1 aliphatic rings. The van der Waals surface area contributed by atoms with E-state index in [-0.39, 0.29) is 0 Å². The van der Waals surface area contributed by atoms with E-state index >= 15 is 0 Å². The maximum Gasteiger partial charge on any atom is 0.137 e. The Bertz CT molecular complexity index is 636. The third kappa shape index (κ3) is 3.76. The Morgan fingerprint density at radius 1 is 1.27 bits per heavy atom. The van der Waals surface area contributed by atoms with Crippen molar-refractivity contribution in [1.29, 1.82) is 0 Å². The van der Waals surface area contributed by atoms with Crippen LogP contribution in [0.2, 0.25) is 0 Å². The van der Waals surface area contributed by atoms with E-state index in [0.29, 0.717) is 6.04 Å². The standard InChI is InChI=1S/C17H23BrN4/c1-12(2)10-22-7-5-14(6-8-22)21-17-15-9-13(18)3-4-16(15)19-11-20-17/h3-4,9,11-12,14H,5-8,10H2,1-2H3,(H,19,20,21). The molecular formula is C17H23BrN4. The topological polar surface area (TPSA) is 41.0 Å². The minimum absolute atomic E-state index is 0.500. The largest absolute Gasteiger partial charge is 0.367 e. The highest BCUT2D eigenvalue weighted by Crippen LogP contribution is 2.25. The molecule has 118 valence electrons. The number of nitrogens with one attached hydrogen (secondary N) is 1. The van der Waals surface area contributed by atoms with Gasteiger partial charge in [-0.15, -0.1) is 0 Å². The molecule has 2 aromatic rings. The average molecular weight is 363 g/mol. The highest BCUT2D eigenvalue weighted by molar-refractivity contribution is 9.10. The Labute approximate surface area is 140 Å². The lowest BCUT2D eigenvalue weighted by Gasteiger charge is -2.33. The van der Waals surface area contributed by atoms with Crippen LogP contribution in [0.1, 0.15) is 26.7 Å². The van der Waals surface area contributed by atoms with Crippen LogP contribution in [0.4, 0.5) is 5.82 Å². The fourth-order valence-electron chi connectivity index (χ4n) is 3.11. The Kier molecular flexibility index (Phi) is 4.93. The van der Waals surface area contributed by atoms with Gasteiger partial charge in [-0.25, -0.2) is 9.97 Å². The van der Waals surface area contributed by atoms with E-state index in [0.717, 1.165) is 27.1 Å². The molecule has 4 nitrogen and oxygen atoms in total. The van der Waals surface area contributed by atoms with Crippen LogP contribution in [0.25, 0.3) is 10.9 Å². The van der Waals surface area contributed by atoms with Gasteiger partial charge in [0.15, 0.2) is 0 Å².